The van der Waals surface area contributed by atoms with E-state index in [1.165, 1.54) is 17.7 Å². The number of rotatable bonds is 4. The van der Waals surface area contributed by atoms with Crippen molar-refractivity contribution >= 4 is 10.9 Å². The summed E-state index contributed by atoms with van der Waals surface area (Å²) in [6, 6.07) is 21.7. The van der Waals surface area contributed by atoms with E-state index in [4.69, 9.17) is 4.98 Å². The summed E-state index contributed by atoms with van der Waals surface area (Å²) in [6.45, 7) is 2.44. The number of hydrogen-bond donors (Lipinski definition) is 0. The summed E-state index contributed by atoms with van der Waals surface area (Å²) in [5, 5.41) is 0.577. The molecule has 1 aromatic heterocycles. The molecule has 27 heavy (non-hydrogen) atoms. The fraction of sp³-hybridized carbons (Fsp3) is 0.130. The molecule has 4 rings (SSSR count). The Morgan fingerprint density at radius 2 is 1.56 bits per heavy atom. The van der Waals surface area contributed by atoms with Gasteiger partial charge in [0.1, 0.15) is 11.6 Å². The van der Waals surface area contributed by atoms with Gasteiger partial charge in [0.15, 0.2) is 0 Å². The molecule has 0 amide bonds. The maximum atomic E-state index is 13.2. The highest BCUT2D eigenvalue weighted by Gasteiger charge is 2.13. The summed E-state index contributed by atoms with van der Waals surface area (Å²) in [4.78, 5) is 17.9. The number of aryl methyl sites for hydroxylation is 1. The van der Waals surface area contributed by atoms with Crippen LogP contribution in [0.25, 0.3) is 22.3 Å². The van der Waals surface area contributed by atoms with Gasteiger partial charge in [-0.05, 0) is 41.8 Å². The third-order valence-electron chi connectivity index (χ3n) is 4.74. The van der Waals surface area contributed by atoms with Gasteiger partial charge in [0, 0.05) is 5.56 Å². The Morgan fingerprint density at radius 3 is 2.26 bits per heavy atom. The normalized spacial score (nSPS) is 11.0. The molecule has 0 saturated heterocycles. The number of benzene rings is 3. The molecule has 0 atom stereocenters. The van der Waals surface area contributed by atoms with E-state index >= 15 is 0 Å². The number of para-hydroxylation sites is 1. The van der Waals surface area contributed by atoms with E-state index in [1.54, 1.807) is 22.8 Å². The predicted molar refractivity (Wildman–Crippen MR) is 106 cm³/mol. The molecule has 0 spiro atoms. The van der Waals surface area contributed by atoms with Gasteiger partial charge in [-0.25, -0.2) is 9.37 Å². The minimum absolute atomic E-state index is 0.0977. The van der Waals surface area contributed by atoms with Gasteiger partial charge in [0.2, 0.25) is 0 Å². The molecule has 0 unspecified atom stereocenters. The zero-order valence-electron chi connectivity index (χ0n) is 15.0. The Kier molecular flexibility index (Phi) is 4.55. The van der Waals surface area contributed by atoms with E-state index in [0.29, 0.717) is 23.3 Å². The van der Waals surface area contributed by atoms with Crippen molar-refractivity contribution in [3.05, 3.63) is 100 Å². The highest BCUT2D eigenvalue weighted by molar-refractivity contribution is 5.79. The summed E-state index contributed by atoms with van der Waals surface area (Å²) >= 11 is 0. The van der Waals surface area contributed by atoms with Gasteiger partial charge < -0.3 is 0 Å². The van der Waals surface area contributed by atoms with Gasteiger partial charge >= 0.3 is 0 Å². The molecule has 0 aliphatic carbocycles. The standard InChI is InChI=1S/C23H19FN2O/c1-2-16-7-11-18(12-8-16)22-25-21-6-4-3-5-20(21)23(27)26(22)15-17-9-13-19(24)14-10-17/h3-14H,2,15H2,1H3. The number of halogens is 1. The van der Waals surface area contributed by atoms with Crippen molar-refractivity contribution in [1.29, 1.82) is 0 Å². The van der Waals surface area contributed by atoms with Crippen LogP contribution in [0.5, 0.6) is 0 Å². The van der Waals surface area contributed by atoms with E-state index in [9.17, 15) is 9.18 Å². The molecule has 0 aliphatic rings. The van der Waals surface area contributed by atoms with Crippen molar-refractivity contribution in [3.63, 3.8) is 0 Å². The topological polar surface area (TPSA) is 34.9 Å². The van der Waals surface area contributed by atoms with Crippen LogP contribution in [0.3, 0.4) is 0 Å². The Labute approximate surface area is 156 Å². The smallest absolute Gasteiger partial charge is 0.261 e. The first-order valence-electron chi connectivity index (χ1n) is 8.99. The van der Waals surface area contributed by atoms with Crippen molar-refractivity contribution in [1.82, 2.24) is 9.55 Å². The predicted octanol–water partition coefficient (Wildman–Crippen LogP) is 4.81. The molecule has 134 valence electrons. The molecular formula is C23H19FN2O. The van der Waals surface area contributed by atoms with Crippen LogP contribution in [0.4, 0.5) is 4.39 Å². The van der Waals surface area contributed by atoms with Gasteiger partial charge in [-0.2, -0.15) is 0 Å². The molecule has 0 radical (unpaired) electrons. The van der Waals surface area contributed by atoms with Crippen LogP contribution in [0.1, 0.15) is 18.1 Å². The van der Waals surface area contributed by atoms with Crippen molar-refractivity contribution in [2.45, 2.75) is 19.9 Å². The lowest BCUT2D eigenvalue weighted by Gasteiger charge is -2.14. The zero-order valence-corrected chi connectivity index (χ0v) is 15.0. The van der Waals surface area contributed by atoms with Crippen LogP contribution < -0.4 is 5.56 Å². The molecular weight excluding hydrogens is 339 g/mol. The highest BCUT2D eigenvalue weighted by Crippen LogP contribution is 2.21. The molecule has 0 bridgehead atoms. The van der Waals surface area contributed by atoms with Crippen LogP contribution in [-0.4, -0.2) is 9.55 Å². The van der Waals surface area contributed by atoms with Crippen molar-refractivity contribution in [2.24, 2.45) is 0 Å². The lowest BCUT2D eigenvalue weighted by molar-refractivity contribution is 0.626. The third-order valence-corrected chi connectivity index (χ3v) is 4.74. The van der Waals surface area contributed by atoms with E-state index in [1.807, 2.05) is 30.3 Å². The largest absolute Gasteiger partial charge is 0.288 e. The lowest BCUT2D eigenvalue weighted by atomic mass is 10.1. The van der Waals surface area contributed by atoms with Gasteiger partial charge in [-0.15, -0.1) is 0 Å². The summed E-state index contributed by atoms with van der Waals surface area (Å²) in [5.41, 5.74) is 3.54. The minimum atomic E-state index is -0.293. The summed E-state index contributed by atoms with van der Waals surface area (Å²) in [6.07, 6.45) is 0.952. The van der Waals surface area contributed by atoms with E-state index in [2.05, 4.69) is 19.1 Å². The number of nitrogens with zero attached hydrogens (tertiary/aromatic N) is 2. The second kappa shape index (κ2) is 7.16. The first kappa shape index (κ1) is 17.2. The number of hydrogen-bond acceptors (Lipinski definition) is 2. The molecule has 3 aromatic carbocycles. The van der Waals surface area contributed by atoms with Crippen LogP contribution >= 0.6 is 0 Å². The summed E-state index contributed by atoms with van der Waals surface area (Å²) in [7, 11) is 0. The second-order valence-electron chi connectivity index (χ2n) is 6.52. The molecule has 4 aromatic rings. The van der Waals surface area contributed by atoms with Crippen molar-refractivity contribution < 1.29 is 4.39 Å². The Balaban J connectivity index is 1.91. The third kappa shape index (κ3) is 3.38. The van der Waals surface area contributed by atoms with Gasteiger partial charge in [0.25, 0.3) is 5.56 Å². The van der Waals surface area contributed by atoms with Crippen molar-refractivity contribution in [2.75, 3.05) is 0 Å². The maximum Gasteiger partial charge on any atom is 0.261 e. The molecule has 3 nitrogen and oxygen atoms in total. The number of fused-ring (bicyclic) bond motifs is 1. The van der Waals surface area contributed by atoms with Gasteiger partial charge in [-0.3, -0.25) is 9.36 Å². The quantitative estimate of drug-likeness (QED) is 0.524. The fourth-order valence-corrected chi connectivity index (χ4v) is 3.20. The molecule has 0 saturated carbocycles. The minimum Gasteiger partial charge on any atom is -0.288 e. The first-order valence-corrected chi connectivity index (χ1v) is 8.99. The Hall–Kier alpha value is -3.27. The van der Waals surface area contributed by atoms with E-state index in [-0.39, 0.29) is 11.4 Å². The van der Waals surface area contributed by atoms with Crippen LogP contribution in [-0.2, 0) is 13.0 Å². The average Bonchev–Trinajstić information content (AvgIpc) is 2.71. The fourth-order valence-electron chi connectivity index (χ4n) is 3.20. The average molecular weight is 358 g/mol. The second-order valence-corrected chi connectivity index (χ2v) is 6.52. The molecule has 4 heteroatoms. The first-order chi connectivity index (χ1) is 13.2. The Morgan fingerprint density at radius 1 is 0.889 bits per heavy atom. The monoisotopic (exact) mass is 358 g/mol. The summed E-state index contributed by atoms with van der Waals surface area (Å²) in [5.74, 6) is 0.323. The lowest BCUT2D eigenvalue weighted by Crippen LogP contribution is -2.24. The van der Waals surface area contributed by atoms with Crippen LogP contribution in [0.15, 0.2) is 77.6 Å². The maximum absolute atomic E-state index is 13.2. The van der Waals surface area contributed by atoms with E-state index < -0.39 is 0 Å². The highest BCUT2D eigenvalue weighted by atomic mass is 19.1. The molecule has 1 heterocycles. The summed E-state index contributed by atoms with van der Waals surface area (Å²) < 4.78 is 14.9. The molecule has 0 N–H and O–H groups in total. The molecule has 0 fully saturated rings. The van der Waals surface area contributed by atoms with Crippen LogP contribution in [0, 0.1) is 5.82 Å². The molecule has 0 aliphatic heterocycles. The van der Waals surface area contributed by atoms with Gasteiger partial charge in [0.05, 0.1) is 17.4 Å². The van der Waals surface area contributed by atoms with Crippen LogP contribution in [0.2, 0.25) is 0 Å². The number of aromatic nitrogens is 2. The SMILES string of the molecule is CCc1ccc(-c2nc3ccccc3c(=O)n2Cc2ccc(F)cc2)cc1. The van der Waals surface area contributed by atoms with Gasteiger partial charge in [-0.1, -0.05) is 55.5 Å². The Bertz CT molecular complexity index is 1150. The van der Waals surface area contributed by atoms with Crippen molar-refractivity contribution in [3.8, 4) is 11.4 Å². The van der Waals surface area contributed by atoms with E-state index in [0.717, 1.165) is 17.5 Å². The zero-order chi connectivity index (χ0) is 18.8.